The Hall–Kier alpha value is -1.39. The summed E-state index contributed by atoms with van der Waals surface area (Å²) in [5.74, 6) is -0.114. The Morgan fingerprint density at radius 3 is 1.64 bits per heavy atom. The Labute approximate surface area is 223 Å². The molecule has 0 rings (SSSR count). The van der Waals surface area contributed by atoms with Crippen molar-refractivity contribution in [1.82, 2.24) is 5.32 Å². The molecule has 1 amide bonds. The van der Waals surface area contributed by atoms with E-state index in [2.05, 4.69) is 43.5 Å². The first-order chi connectivity index (χ1) is 17.7. The van der Waals surface area contributed by atoms with Gasteiger partial charge in [0.1, 0.15) is 0 Å². The lowest BCUT2D eigenvalue weighted by Gasteiger charge is -2.19. The third-order valence-corrected chi connectivity index (χ3v) is 6.60. The zero-order valence-corrected chi connectivity index (χ0v) is 23.8. The van der Waals surface area contributed by atoms with Crippen LogP contribution in [-0.2, 0) is 4.79 Å². The summed E-state index contributed by atoms with van der Waals surface area (Å²) >= 11 is 0. The minimum Gasteiger partial charge on any atom is -0.394 e. The minimum absolute atomic E-state index is 0.114. The third kappa shape index (κ3) is 24.3. The molecular weight excluding hydrogens is 446 g/mol. The van der Waals surface area contributed by atoms with Crippen LogP contribution in [0.4, 0.5) is 0 Å². The van der Waals surface area contributed by atoms with Crippen molar-refractivity contribution in [2.24, 2.45) is 0 Å². The molecule has 0 saturated carbocycles. The van der Waals surface area contributed by atoms with Gasteiger partial charge in [-0.1, -0.05) is 121 Å². The lowest BCUT2D eigenvalue weighted by atomic mass is 10.1. The second kappa shape index (κ2) is 28.2. The zero-order chi connectivity index (χ0) is 26.5. The molecule has 0 spiro atoms. The Balaban J connectivity index is 3.78. The van der Waals surface area contributed by atoms with Crippen LogP contribution in [-0.4, -0.2) is 34.9 Å². The Bertz CT molecular complexity index is 556. The standard InChI is InChI=1S/C32H59NO3/c1-3-5-7-9-11-13-14-15-16-17-18-20-21-23-25-27-31(35)30(29-34)33-32(36)28-26-24-22-19-12-10-8-6-4-2/h18-20,22,25,27,30-31,34-35H,3-17,21,23-24,26,28-29H2,1-2H3,(H,33,36)/b20-18+,22-19-,27-25+. The van der Waals surface area contributed by atoms with Crippen LogP contribution in [0.2, 0.25) is 0 Å². The number of carbonyl (C=O) groups excluding carboxylic acids is 1. The van der Waals surface area contributed by atoms with E-state index in [0.717, 1.165) is 38.5 Å². The maximum Gasteiger partial charge on any atom is 0.220 e. The first-order valence-corrected chi connectivity index (χ1v) is 15.2. The number of nitrogens with one attached hydrogen (secondary N) is 1. The van der Waals surface area contributed by atoms with E-state index in [1.54, 1.807) is 6.08 Å². The first-order valence-electron chi connectivity index (χ1n) is 15.2. The van der Waals surface area contributed by atoms with Crippen LogP contribution in [0.5, 0.6) is 0 Å². The van der Waals surface area contributed by atoms with Crippen LogP contribution in [0.15, 0.2) is 36.5 Å². The highest BCUT2D eigenvalue weighted by Crippen LogP contribution is 2.11. The number of hydrogen-bond acceptors (Lipinski definition) is 3. The summed E-state index contributed by atoms with van der Waals surface area (Å²) in [5, 5.41) is 22.6. The second-order valence-electron chi connectivity index (χ2n) is 10.2. The summed E-state index contributed by atoms with van der Waals surface area (Å²) in [7, 11) is 0. The van der Waals surface area contributed by atoms with Crippen LogP contribution in [0.1, 0.15) is 142 Å². The van der Waals surface area contributed by atoms with Gasteiger partial charge in [-0.2, -0.15) is 0 Å². The topological polar surface area (TPSA) is 69.6 Å². The highest BCUT2D eigenvalue weighted by Gasteiger charge is 2.17. The predicted molar refractivity (Wildman–Crippen MR) is 156 cm³/mol. The fraction of sp³-hybridized carbons (Fsp3) is 0.781. The highest BCUT2D eigenvalue weighted by molar-refractivity contribution is 5.76. The van der Waals surface area contributed by atoms with E-state index in [9.17, 15) is 15.0 Å². The largest absolute Gasteiger partial charge is 0.394 e. The van der Waals surface area contributed by atoms with E-state index in [-0.39, 0.29) is 12.5 Å². The quantitative estimate of drug-likeness (QED) is 0.0817. The van der Waals surface area contributed by atoms with Gasteiger partial charge in [0.25, 0.3) is 0 Å². The van der Waals surface area contributed by atoms with Crippen LogP contribution in [0.3, 0.4) is 0 Å². The number of unbranched alkanes of at least 4 members (excludes halogenated alkanes) is 15. The fourth-order valence-corrected chi connectivity index (χ4v) is 4.19. The zero-order valence-electron chi connectivity index (χ0n) is 23.8. The molecule has 210 valence electrons. The van der Waals surface area contributed by atoms with Gasteiger partial charge in [-0.3, -0.25) is 4.79 Å². The molecule has 0 aliphatic rings. The number of rotatable bonds is 26. The van der Waals surface area contributed by atoms with Gasteiger partial charge in [-0.25, -0.2) is 0 Å². The van der Waals surface area contributed by atoms with E-state index in [1.807, 2.05) is 6.08 Å². The summed E-state index contributed by atoms with van der Waals surface area (Å²) in [5.41, 5.74) is 0. The number of aliphatic hydroxyl groups is 2. The highest BCUT2D eigenvalue weighted by atomic mass is 16.3. The molecule has 0 aliphatic heterocycles. The predicted octanol–water partition coefficient (Wildman–Crippen LogP) is 8.33. The maximum absolute atomic E-state index is 12.1. The van der Waals surface area contributed by atoms with Crippen molar-refractivity contribution in [2.45, 2.75) is 154 Å². The Morgan fingerprint density at radius 2 is 1.08 bits per heavy atom. The average Bonchev–Trinajstić information content (AvgIpc) is 2.88. The van der Waals surface area contributed by atoms with Crippen LogP contribution >= 0.6 is 0 Å². The number of amides is 1. The van der Waals surface area contributed by atoms with Gasteiger partial charge in [-0.05, 0) is 51.4 Å². The molecule has 0 aromatic heterocycles. The van der Waals surface area contributed by atoms with Gasteiger partial charge in [0.15, 0.2) is 0 Å². The number of aliphatic hydroxyl groups excluding tert-OH is 2. The Kier molecular flexibility index (Phi) is 27.1. The van der Waals surface area contributed by atoms with E-state index in [0.29, 0.717) is 6.42 Å². The second-order valence-corrected chi connectivity index (χ2v) is 10.2. The van der Waals surface area contributed by atoms with E-state index >= 15 is 0 Å². The van der Waals surface area contributed by atoms with Crippen molar-refractivity contribution in [3.63, 3.8) is 0 Å². The van der Waals surface area contributed by atoms with Crippen molar-refractivity contribution >= 4 is 5.91 Å². The van der Waals surface area contributed by atoms with Crippen molar-refractivity contribution < 1.29 is 15.0 Å². The van der Waals surface area contributed by atoms with Crippen molar-refractivity contribution in [1.29, 1.82) is 0 Å². The fourth-order valence-electron chi connectivity index (χ4n) is 4.19. The van der Waals surface area contributed by atoms with E-state index in [1.165, 1.54) is 83.5 Å². The lowest BCUT2D eigenvalue weighted by molar-refractivity contribution is -0.122. The first kappa shape index (κ1) is 34.6. The molecule has 0 radical (unpaired) electrons. The molecule has 36 heavy (non-hydrogen) atoms. The molecule has 4 heteroatoms. The molecular formula is C32H59NO3. The van der Waals surface area contributed by atoms with Crippen molar-refractivity contribution in [3.8, 4) is 0 Å². The van der Waals surface area contributed by atoms with Gasteiger partial charge >= 0.3 is 0 Å². The third-order valence-electron chi connectivity index (χ3n) is 6.60. The normalized spacial score (nSPS) is 13.8. The van der Waals surface area contributed by atoms with Crippen LogP contribution in [0, 0.1) is 0 Å². The summed E-state index contributed by atoms with van der Waals surface area (Å²) in [6.07, 6.45) is 35.1. The summed E-state index contributed by atoms with van der Waals surface area (Å²) < 4.78 is 0. The van der Waals surface area contributed by atoms with Gasteiger partial charge in [0.2, 0.25) is 5.91 Å². The van der Waals surface area contributed by atoms with Gasteiger partial charge in [0, 0.05) is 6.42 Å². The van der Waals surface area contributed by atoms with Gasteiger partial charge in [0.05, 0.1) is 18.8 Å². The van der Waals surface area contributed by atoms with Crippen molar-refractivity contribution in [2.75, 3.05) is 6.61 Å². The summed E-state index contributed by atoms with van der Waals surface area (Å²) in [6.45, 7) is 4.21. The Morgan fingerprint density at radius 1 is 0.639 bits per heavy atom. The minimum atomic E-state index is -0.868. The van der Waals surface area contributed by atoms with E-state index in [4.69, 9.17) is 0 Å². The molecule has 0 heterocycles. The van der Waals surface area contributed by atoms with Gasteiger partial charge in [-0.15, -0.1) is 0 Å². The summed E-state index contributed by atoms with van der Waals surface area (Å²) in [4.78, 5) is 12.1. The molecule has 0 fully saturated rings. The SMILES string of the molecule is CCCCCC/C=C\CCCC(=O)NC(CO)C(O)/C=C/CC/C=C/CCCCCCCCCCC. The lowest BCUT2D eigenvalue weighted by Crippen LogP contribution is -2.45. The molecule has 4 nitrogen and oxygen atoms in total. The maximum atomic E-state index is 12.1. The molecule has 0 bridgehead atoms. The van der Waals surface area contributed by atoms with Crippen LogP contribution in [0.25, 0.3) is 0 Å². The van der Waals surface area contributed by atoms with Crippen LogP contribution < -0.4 is 5.32 Å². The van der Waals surface area contributed by atoms with E-state index < -0.39 is 12.1 Å². The number of hydrogen-bond donors (Lipinski definition) is 3. The molecule has 3 N–H and O–H groups in total. The monoisotopic (exact) mass is 505 g/mol. The molecule has 2 unspecified atom stereocenters. The summed E-state index contributed by atoms with van der Waals surface area (Å²) in [6, 6.07) is -0.648. The smallest absolute Gasteiger partial charge is 0.220 e. The van der Waals surface area contributed by atoms with Gasteiger partial charge < -0.3 is 15.5 Å². The molecule has 0 aliphatic carbocycles. The average molecular weight is 506 g/mol. The number of allylic oxidation sites excluding steroid dienone is 5. The number of carbonyl (C=O) groups is 1. The molecule has 0 aromatic rings. The molecule has 0 aromatic carbocycles. The molecule has 0 saturated heterocycles. The van der Waals surface area contributed by atoms with Crippen molar-refractivity contribution in [3.05, 3.63) is 36.5 Å². The molecule has 2 atom stereocenters.